The van der Waals surface area contributed by atoms with Crippen molar-refractivity contribution in [2.45, 2.75) is 12.8 Å². The van der Waals surface area contributed by atoms with Gasteiger partial charge in [0.25, 0.3) is 0 Å². The number of para-hydroxylation sites is 2. The molecule has 0 saturated heterocycles. The Morgan fingerprint density at radius 1 is 1.21 bits per heavy atom. The second-order valence-corrected chi connectivity index (χ2v) is 3.60. The zero-order chi connectivity index (χ0) is 14.3. The van der Waals surface area contributed by atoms with Gasteiger partial charge in [-0.3, -0.25) is 14.9 Å². The van der Waals surface area contributed by atoms with E-state index in [2.05, 4.69) is 5.32 Å². The lowest BCUT2D eigenvalue weighted by atomic mass is 10.3. The predicted octanol–water partition coefficient (Wildman–Crippen LogP) is 1.21. The molecule has 7 nitrogen and oxygen atoms in total. The zero-order valence-electron chi connectivity index (χ0n) is 10.3. The van der Waals surface area contributed by atoms with Gasteiger partial charge in [0.05, 0.1) is 19.2 Å². The minimum atomic E-state index is -1.10. The number of hydrogen-bond acceptors (Lipinski definition) is 4. The lowest BCUT2D eigenvalue weighted by Gasteiger charge is -2.09. The van der Waals surface area contributed by atoms with Gasteiger partial charge in [-0.2, -0.15) is 0 Å². The Hall–Kier alpha value is -2.57. The van der Waals surface area contributed by atoms with Crippen LogP contribution < -0.4 is 15.4 Å². The molecule has 0 heterocycles. The highest BCUT2D eigenvalue weighted by atomic mass is 16.5. The fourth-order valence-electron chi connectivity index (χ4n) is 1.31. The molecule has 102 valence electrons. The van der Waals surface area contributed by atoms with E-state index >= 15 is 0 Å². The molecule has 0 aromatic heterocycles. The first-order chi connectivity index (χ1) is 9.02. The standard InChI is InChI=1S/C12H14N2O5/c1-19-9-5-3-2-4-8(9)13-12(18)14-10(15)6-7-11(16)17/h2-5H,6-7H2,1H3,(H,16,17)(H2,13,14,15,18). The van der Waals surface area contributed by atoms with Gasteiger partial charge in [-0.15, -0.1) is 0 Å². The number of carbonyl (C=O) groups excluding carboxylic acids is 2. The van der Waals surface area contributed by atoms with Crippen LogP contribution in [-0.4, -0.2) is 30.1 Å². The van der Waals surface area contributed by atoms with Gasteiger partial charge in [-0.25, -0.2) is 4.79 Å². The molecule has 3 N–H and O–H groups in total. The van der Waals surface area contributed by atoms with Gasteiger partial charge in [0.2, 0.25) is 5.91 Å². The molecule has 3 amide bonds. The van der Waals surface area contributed by atoms with Gasteiger partial charge >= 0.3 is 12.0 Å². The normalized spacial score (nSPS) is 9.53. The first-order valence-electron chi connectivity index (χ1n) is 5.48. The van der Waals surface area contributed by atoms with Crippen molar-refractivity contribution in [2.24, 2.45) is 0 Å². The summed E-state index contributed by atoms with van der Waals surface area (Å²) in [6, 6.07) is 5.96. The second-order valence-electron chi connectivity index (χ2n) is 3.60. The summed E-state index contributed by atoms with van der Waals surface area (Å²) in [4.78, 5) is 33.0. The summed E-state index contributed by atoms with van der Waals surface area (Å²) in [6.07, 6.45) is -0.581. The van der Waals surface area contributed by atoms with Gasteiger partial charge in [0, 0.05) is 6.42 Å². The highest BCUT2D eigenvalue weighted by Gasteiger charge is 2.11. The van der Waals surface area contributed by atoms with Crippen LogP contribution in [0.3, 0.4) is 0 Å². The number of urea groups is 1. The number of imide groups is 1. The summed E-state index contributed by atoms with van der Waals surface area (Å²) >= 11 is 0. The summed E-state index contributed by atoms with van der Waals surface area (Å²) in [7, 11) is 1.45. The van der Waals surface area contributed by atoms with Crippen molar-refractivity contribution in [2.75, 3.05) is 12.4 Å². The van der Waals surface area contributed by atoms with Crippen LogP contribution in [0, 0.1) is 0 Å². The molecule has 0 bridgehead atoms. The molecular formula is C12H14N2O5. The van der Waals surface area contributed by atoms with Crippen LogP contribution in [0.15, 0.2) is 24.3 Å². The second kappa shape index (κ2) is 7.00. The van der Waals surface area contributed by atoms with Crippen molar-refractivity contribution >= 4 is 23.6 Å². The lowest BCUT2D eigenvalue weighted by molar-refractivity contribution is -0.138. The first kappa shape index (κ1) is 14.5. The van der Waals surface area contributed by atoms with E-state index in [-0.39, 0.29) is 12.8 Å². The number of amides is 3. The maximum absolute atomic E-state index is 11.5. The molecule has 0 spiro atoms. The Morgan fingerprint density at radius 2 is 1.89 bits per heavy atom. The van der Waals surface area contributed by atoms with Gasteiger partial charge < -0.3 is 15.2 Å². The van der Waals surface area contributed by atoms with Gasteiger partial charge in [0.15, 0.2) is 0 Å². The quantitative estimate of drug-likeness (QED) is 0.743. The highest BCUT2D eigenvalue weighted by molar-refractivity contribution is 6.02. The summed E-state index contributed by atoms with van der Waals surface area (Å²) in [5.41, 5.74) is 0.411. The third-order valence-electron chi connectivity index (χ3n) is 2.17. The molecule has 0 fully saturated rings. The average molecular weight is 266 g/mol. The van der Waals surface area contributed by atoms with Crippen LogP contribution in [0.5, 0.6) is 5.75 Å². The van der Waals surface area contributed by atoms with E-state index in [9.17, 15) is 14.4 Å². The van der Waals surface area contributed by atoms with Gasteiger partial charge in [-0.1, -0.05) is 12.1 Å². The Labute approximate surface area is 109 Å². The van der Waals surface area contributed by atoms with Crippen LogP contribution in [0.4, 0.5) is 10.5 Å². The molecule has 1 aromatic rings. The largest absolute Gasteiger partial charge is 0.495 e. The third-order valence-corrected chi connectivity index (χ3v) is 2.17. The number of methoxy groups -OCH3 is 1. The van der Waals surface area contributed by atoms with Crippen molar-refractivity contribution < 1.29 is 24.2 Å². The Bertz CT molecular complexity index is 487. The Kier molecular flexibility index (Phi) is 5.34. The summed E-state index contributed by atoms with van der Waals surface area (Å²) in [5, 5.41) is 12.9. The van der Waals surface area contributed by atoms with Gasteiger partial charge in [-0.05, 0) is 12.1 Å². The molecule has 1 aromatic carbocycles. The number of nitrogens with one attached hydrogen (secondary N) is 2. The van der Waals surface area contributed by atoms with Crippen molar-refractivity contribution in [1.29, 1.82) is 0 Å². The Morgan fingerprint density at radius 3 is 2.53 bits per heavy atom. The third kappa shape index (κ3) is 5.07. The smallest absolute Gasteiger partial charge is 0.325 e. The average Bonchev–Trinajstić information content (AvgIpc) is 2.37. The number of hydrogen-bond donors (Lipinski definition) is 3. The van der Waals surface area contributed by atoms with Crippen molar-refractivity contribution in [1.82, 2.24) is 5.32 Å². The molecular weight excluding hydrogens is 252 g/mol. The van der Waals surface area contributed by atoms with E-state index in [0.717, 1.165) is 0 Å². The summed E-state index contributed by atoms with van der Waals surface area (Å²) in [5.74, 6) is -1.30. The topological polar surface area (TPSA) is 105 Å². The predicted molar refractivity (Wildman–Crippen MR) is 67.0 cm³/mol. The molecule has 0 aliphatic carbocycles. The summed E-state index contributed by atoms with van der Waals surface area (Å²) < 4.78 is 5.03. The van der Waals surface area contributed by atoms with Crippen molar-refractivity contribution in [3.05, 3.63) is 24.3 Å². The number of aliphatic carboxylic acids is 1. The molecule has 0 unspecified atom stereocenters. The maximum Gasteiger partial charge on any atom is 0.325 e. The maximum atomic E-state index is 11.5. The first-order valence-corrected chi connectivity index (χ1v) is 5.48. The number of carboxylic acids is 1. The van der Waals surface area contributed by atoms with Crippen LogP contribution in [0.25, 0.3) is 0 Å². The number of carboxylic acid groups (broad SMARTS) is 1. The molecule has 0 aliphatic rings. The highest BCUT2D eigenvalue weighted by Crippen LogP contribution is 2.22. The number of ether oxygens (including phenoxy) is 1. The number of benzene rings is 1. The van der Waals surface area contributed by atoms with Crippen LogP contribution in [-0.2, 0) is 9.59 Å². The van der Waals surface area contributed by atoms with Crippen molar-refractivity contribution in [3.63, 3.8) is 0 Å². The van der Waals surface area contributed by atoms with Crippen LogP contribution in [0.2, 0.25) is 0 Å². The minimum absolute atomic E-state index is 0.255. The minimum Gasteiger partial charge on any atom is -0.495 e. The van der Waals surface area contributed by atoms with E-state index in [4.69, 9.17) is 9.84 Å². The molecule has 7 heteroatoms. The summed E-state index contributed by atoms with van der Waals surface area (Å²) in [6.45, 7) is 0. The zero-order valence-corrected chi connectivity index (χ0v) is 10.3. The molecule has 0 radical (unpaired) electrons. The monoisotopic (exact) mass is 266 g/mol. The van der Waals surface area contributed by atoms with Crippen molar-refractivity contribution in [3.8, 4) is 5.75 Å². The van der Waals surface area contributed by atoms with E-state index in [1.54, 1.807) is 24.3 Å². The fourth-order valence-corrected chi connectivity index (χ4v) is 1.31. The van der Waals surface area contributed by atoms with E-state index in [1.165, 1.54) is 7.11 Å². The molecule has 0 atom stereocenters. The number of anilines is 1. The van der Waals surface area contributed by atoms with Crippen LogP contribution >= 0.6 is 0 Å². The van der Waals surface area contributed by atoms with E-state index in [0.29, 0.717) is 11.4 Å². The molecule has 0 saturated carbocycles. The number of carbonyl (C=O) groups is 3. The molecule has 19 heavy (non-hydrogen) atoms. The van der Waals surface area contributed by atoms with E-state index in [1.807, 2.05) is 5.32 Å². The van der Waals surface area contributed by atoms with Gasteiger partial charge in [0.1, 0.15) is 5.75 Å². The Balaban J connectivity index is 2.51. The SMILES string of the molecule is COc1ccccc1NC(=O)NC(=O)CCC(=O)O. The fraction of sp³-hybridized carbons (Fsp3) is 0.250. The lowest BCUT2D eigenvalue weighted by Crippen LogP contribution is -2.34. The molecule has 1 rings (SSSR count). The van der Waals surface area contributed by atoms with E-state index < -0.39 is 17.9 Å². The molecule has 0 aliphatic heterocycles. The number of rotatable bonds is 5. The van der Waals surface area contributed by atoms with Crippen LogP contribution in [0.1, 0.15) is 12.8 Å².